The fraction of sp³-hybridized carbons (Fsp3) is 0. The summed E-state index contributed by atoms with van der Waals surface area (Å²) in [5.74, 6) is 0. The first-order valence-electron chi connectivity index (χ1n) is 3.15. The largest absolute Gasteiger partial charge is 0.368 e. The van der Waals surface area contributed by atoms with Crippen molar-refractivity contribution in [3.8, 4) is 0 Å². The molecule has 0 fully saturated rings. The van der Waals surface area contributed by atoms with E-state index in [1.807, 2.05) is 49.1 Å². The molecule has 0 aliphatic rings. The third-order valence-corrected chi connectivity index (χ3v) is 0.992. The summed E-state index contributed by atoms with van der Waals surface area (Å²) in [6, 6.07) is 7.78. The summed E-state index contributed by atoms with van der Waals surface area (Å²) in [7, 11) is 0. The Morgan fingerprint density at radius 3 is 0.909 bits per heavy atom. The predicted octanol–water partition coefficient (Wildman–Crippen LogP) is 2.03. The Balaban J connectivity index is 0.000000167. The van der Waals surface area contributed by atoms with E-state index in [1.165, 1.54) is 0 Å². The smallest absolute Gasteiger partial charge is 0.000496 e. The number of nitrogens with one attached hydrogen (secondary N) is 2. The van der Waals surface area contributed by atoms with Gasteiger partial charge in [-0.3, -0.25) is 0 Å². The Kier molecular flexibility index (Phi) is 6.59. The van der Waals surface area contributed by atoms with Crippen molar-refractivity contribution in [3.05, 3.63) is 49.1 Å². The van der Waals surface area contributed by atoms with Crippen molar-refractivity contribution in [2.75, 3.05) is 0 Å². The molecule has 11 heavy (non-hydrogen) atoms. The molecule has 2 heterocycles. The summed E-state index contributed by atoms with van der Waals surface area (Å²) in [6.07, 6.45) is 7.50. The average molecular weight is 198 g/mol. The molecular formula is C8H10CuN2. The van der Waals surface area contributed by atoms with Crippen molar-refractivity contribution in [2.24, 2.45) is 0 Å². The van der Waals surface area contributed by atoms with E-state index in [0.717, 1.165) is 0 Å². The second kappa shape index (κ2) is 7.19. The summed E-state index contributed by atoms with van der Waals surface area (Å²) in [5, 5.41) is 0. The number of hydrogen-bond donors (Lipinski definition) is 2. The van der Waals surface area contributed by atoms with Gasteiger partial charge in [-0.25, -0.2) is 0 Å². The van der Waals surface area contributed by atoms with Crippen molar-refractivity contribution in [1.82, 2.24) is 9.97 Å². The maximum absolute atomic E-state index is 2.86. The number of aromatic amines is 2. The standard InChI is InChI=1S/2C4H5N.Cu/c2*1-2-4-5-3-1;/h2*1-5H;. The molecule has 0 saturated heterocycles. The zero-order valence-corrected chi connectivity index (χ0v) is 6.86. The molecule has 0 aliphatic carbocycles. The SMILES string of the molecule is [Cu].c1cc[nH]c1.c1cc[nH]c1. The molecule has 2 aromatic rings. The van der Waals surface area contributed by atoms with Crippen LogP contribution in [0.25, 0.3) is 0 Å². The number of hydrogen-bond acceptors (Lipinski definition) is 0. The Morgan fingerprint density at radius 2 is 0.818 bits per heavy atom. The zero-order chi connectivity index (χ0) is 7.07. The van der Waals surface area contributed by atoms with Gasteiger partial charge in [0.2, 0.25) is 0 Å². The van der Waals surface area contributed by atoms with E-state index in [4.69, 9.17) is 0 Å². The molecule has 63 valence electrons. The van der Waals surface area contributed by atoms with E-state index in [-0.39, 0.29) is 17.1 Å². The van der Waals surface area contributed by atoms with Crippen molar-refractivity contribution >= 4 is 0 Å². The summed E-state index contributed by atoms with van der Waals surface area (Å²) < 4.78 is 0. The third-order valence-electron chi connectivity index (χ3n) is 0.992. The van der Waals surface area contributed by atoms with Crippen LogP contribution in [0, 0.1) is 0 Å². The third kappa shape index (κ3) is 5.52. The van der Waals surface area contributed by atoms with Crippen LogP contribution in [-0.2, 0) is 17.1 Å². The van der Waals surface area contributed by atoms with Crippen LogP contribution < -0.4 is 0 Å². The quantitative estimate of drug-likeness (QED) is 0.606. The summed E-state index contributed by atoms with van der Waals surface area (Å²) in [5.41, 5.74) is 0. The van der Waals surface area contributed by atoms with E-state index in [1.54, 1.807) is 0 Å². The Labute approximate surface area is 76.5 Å². The van der Waals surface area contributed by atoms with Gasteiger partial charge in [0.15, 0.2) is 0 Å². The van der Waals surface area contributed by atoms with Crippen molar-refractivity contribution < 1.29 is 17.1 Å². The molecule has 2 rings (SSSR count). The normalized spacial score (nSPS) is 7.27. The zero-order valence-electron chi connectivity index (χ0n) is 5.92. The molecule has 0 bridgehead atoms. The van der Waals surface area contributed by atoms with Crippen LogP contribution in [0.15, 0.2) is 49.1 Å². The van der Waals surface area contributed by atoms with E-state index < -0.39 is 0 Å². The maximum Gasteiger partial charge on any atom is 0.000496 e. The van der Waals surface area contributed by atoms with Gasteiger partial charge in [0.25, 0.3) is 0 Å². The van der Waals surface area contributed by atoms with Gasteiger partial charge in [-0.1, -0.05) is 0 Å². The van der Waals surface area contributed by atoms with Crippen LogP contribution in [0.5, 0.6) is 0 Å². The summed E-state index contributed by atoms with van der Waals surface area (Å²) >= 11 is 0. The molecule has 0 saturated carbocycles. The predicted molar refractivity (Wildman–Crippen MR) is 41.6 cm³/mol. The van der Waals surface area contributed by atoms with E-state index in [2.05, 4.69) is 9.97 Å². The summed E-state index contributed by atoms with van der Waals surface area (Å²) in [6.45, 7) is 0. The second-order valence-electron chi connectivity index (χ2n) is 1.77. The molecule has 0 aromatic carbocycles. The molecule has 0 unspecified atom stereocenters. The van der Waals surface area contributed by atoms with Gasteiger partial charge in [0.1, 0.15) is 0 Å². The molecule has 3 heteroatoms. The second-order valence-corrected chi connectivity index (χ2v) is 1.77. The van der Waals surface area contributed by atoms with Crippen LogP contribution in [0.3, 0.4) is 0 Å². The maximum atomic E-state index is 2.86. The fourth-order valence-electron chi connectivity index (χ4n) is 0.556. The van der Waals surface area contributed by atoms with E-state index >= 15 is 0 Å². The molecule has 0 aliphatic heterocycles. The van der Waals surface area contributed by atoms with Gasteiger partial charge < -0.3 is 9.97 Å². The molecule has 0 spiro atoms. The molecule has 2 N–H and O–H groups in total. The van der Waals surface area contributed by atoms with E-state index in [9.17, 15) is 0 Å². The number of H-pyrrole nitrogens is 2. The Morgan fingerprint density at radius 1 is 0.545 bits per heavy atom. The van der Waals surface area contributed by atoms with Gasteiger partial charge in [0.05, 0.1) is 0 Å². The van der Waals surface area contributed by atoms with Crippen LogP contribution in [0.1, 0.15) is 0 Å². The first kappa shape index (κ1) is 10.1. The Bertz CT molecular complexity index is 151. The van der Waals surface area contributed by atoms with Crippen LogP contribution >= 0.6 is 0 Å². The van der Waals surface area contributed by atoms with Crippen molar-refractivity contribution in [3.63, 3.8) is 0 Å². The molecule has 0 amide bonds. The van der Waals surface area contributed by atoms with Gasteiger partial charge in [0, 0.05) is 41.9 Å². The number of rotatable bonds is 0. The van der Waals surface area contributed by atoms with E-state index in [0.29, 0.717) is 0 Å². The monoisotopic (exact) mass is 197 g/mol. The minimum atomic E-state index is 0. The van der Waals surface area contributed by atoms with Gasteiger partial charge >= 0.3 is 0 Å². The first-order valence-corrected chi connectivity index (χ1v) is 3.15. The summed E-state index contributed by atoms with van der Waals surface area (Å²) in [4.78, 5) is 5.72. The molecule has 0 atom stereocenters. The van der Waals surface area contributed by atoms with Crippen molar-refractivity contribution in [1.29, 1.82) is 0 Å². The van der Waals surface area contributed by atoms with Crippen LogP contribution in [-0.4, -0.2) is 9.97 Å². The molecule has 1 radical (unpaired) electrons. The number of aromatic nitrogens is 2. The topological polar surface area (TPSA) is 31.6 Å². The van der Waals surface area contributed by atoms with Gasteiger partial charge in [-0.15, -0.1) is 0 Å². The molecule has 2 nitrogen and oxygen atoms in total. The average Bonchev–Trinajstić information content (AvgIpc) is 2.67. The molecular weight excluding hydrogens is 188 g/mol. The Hall–Kier alpha value is -0.921. The van der Waals surface area contributed by atoms with Crippen molar-refractivity contribution in [2.45, 2.75) is 0 Å². The molecule has 2 aromatic heterocycles. The van der Waals surface area contributed by atoms with Gasteiger partial charge in [-0.05, 0) is 24.3 Å². The van der Waals surface area contributed by atoms with Crippen LogP contribution in [0.2, 0.25) is 0 Å². The van der Waals surface area contributed by atoms with Gasteiger partial charge in [-0.2, -0.15) is 0 Å². The minimum absolute atomic E-state index is 0. The fourth-order valence-corrected chi connectivity index (χ4v) is 0.556. The minimum Gasteiger partial charge on any atom is -0.368 e. The van der Waals surface area contributed by atoms with Crippen LogP contribution in [0.4, 0.5) is 0 Å². The first-order chi connectivity index (χ1) is 5.00.